The Morgan fingerprint density at radius 2 is 1.79 bits per heavy atom. The molecule has 0 saturated heterocycles. The summed E-state index contributed by atoms with van der Waals surface area (Å²) in [6, 6.07) is 23.3. The maximum absolute atomic E-state index is 12.8. The van der Waals surface area contributed by atoms with Crippen LogP contribution in [-0.4, -0.2) is 28.7 Å². The fourth-order valence-electron chi connectivity index (χ4n) is 3.74. The standard InChI is InChI=1S/C27H23N3O3S/c1-17-11-13-18(14-12-17)25-29-26-20(15-19-7-3-5-9-22(19)33-26)27(30-25)34-16-24(31)28-21-8-4-6-10-23(21)32-2/h3-14H,15-16H2,1-2H3,(H,28,31). The molecular weight excluding hydrogens is 446 g/mol. The van der Waals surface area contributed by atoms with Gasteiger partial charge in [0.15, 0.2) is 5.82 Å². The average molecular weight is 470 g/mol. The number of nitrogens with zero attached hydrogens (tertiary/aromatic N) is 2. The molecule has 6 nitrogen and oxygen atoms in total. The second-order valence-electron chi connectivity index (χ2n) is 7.93. The number of methoxy groups -OCH3 is 1. The van der Waals surface area contributed by atoms with E-state index in [0.29, 0.717) is 29.6 Å². The summed E-state index contributed by atoms with van der Waals surface area (Å²) in [5.74, 6) is 2.58. The van der Waals surface area contributed by atoms with Crippen molar-refractivity contribution in [2.45, 2.75) is 18.4 Å². The second-order valence-corrected chi connectivity index (χ2v) is 8.89. The van der Waals surface area contributed by atoms with E-state index in [9.17, 15) is 4.79 Å². The number of benzene rings is 3. The van der Waals surface area contributed by atoms with Crippen LogP contribution in [0.2, 0.25) is 0 Å². The van der Waals surface area contributed by atoms with E-state index in [4.69, 9.17) is 19.4 Å². The number of carbonyl (C=O) groups excluding carboxylic acids is 1. The molecule has 0 spiro atoms. The molecule has 0 unspecified atom stereocenters. The molecule has 0 aliphatic carbocycles. The number of thioether (sulfide) groups is 1. The normalized spacial score (nSPS) is 11.7. The van der Waals surface area contributed by atoms with Crippen LogP contribution in [-0.2, 0) is 11.2 Å². The Morgan fingerprint density at radius 1 is 1.03 bits per heavy atom. The minimum Gasteiger partial charge on any atom is -0.495 e. The molecular formula is C27H23N3O3S. The van der Waals surface area contributed by atoms with Crippen molar-refractivity contribution in [3.63, 3.8) is 0 Å². The van der Waals surface area contributed by atoms with Gasteiger partial charge in [0.2, 0.25) is 11.8 Å². The lowest BCUT2D eigenvalue weighted by Crippen LogP contribution is -2.15. The predicted octanol–water partition coefficient (Wildman–Crippen LogP) is 5.89. The highest BCUT2D eigenvalue weighted by atomic mass is 32.2. The lowest BCUT2D eigenvalue weighted by molar-refractivity contribution is -0.113. The van der Waals surface area contributed by atoms with E-state index in [1.807, 2.05) is 79.7 Å². The number of hydrogen-bond donors (Lipinski definition) is 1. The van der Waals surface area contributed by atoms with E-state index in [2.05, 4.69) is 5.32 Å². The summed E-state index contributed by atoms with van der Waals surface area (Å²) in [7, 11) is 1.58. The summed E-state index contributed by atoms with van der Waals surface area (Å²) in [6.07, 6.45) is 0.649. The first-order chi connectivity index (χ1) is 16.6. The quantitative estimate of drug-likeness (QED) is 0.247. The first-order valence-electron chi connectivity index (χ1n) is 10.9. The second kappa shape index (κ2) is 9.57. The summed E-state index contributed by atoms with van der Waals surface area (Å²) < 4.78 is 11.5. The third-order valence-corrected chi connectivity index (χ3v) is 6.53. The molecule has 1 N–H and O–H groups in total. The van der Waals surface area contributed by atoms with Gasteiger partial charge in [-0.15, -0.1) is 0 Å². The van der Waals surface area contributed by atoms with Crippen LogP contribution in [0.25, 0.3) is 11.4 Å². The predicted molar refractivity (Wildman–Crippen MR) is 134 cm³/mol. The van der Waals surface area contributed by atoms with Crippen molar-refractivity contribution in [1.82, 2.24) is 9.97 Å². The average Bonchev–Trinajstić information content (AvgIpc) is 2.86. The van der Waals surface area contributed by atoms with Gasteiger partial charge in [0.25, 0.3) is 0 Å². The Morgan fingerprint density at radius 3 is 2.62 bits per heavy atom. The molecule has 5 rings (SSSR count). The molecule has 0 radical (unpaired) electrons. The lowest BCUT2D eigenvalue weighted by Gasteiger charge is -2.21. The molecule has 2 heterocycles. The summed E-state index contributed by atoms with van der Waals surface area (Å²) >= 11 is 1.38. The van der Waals surface area contributed by atoms with Crippen LogP contribution in [0.1, 0.15) is 16.7 Å². The summed E-state index contributed by atoms with van der Waals surface area (Å²) in [5, 5.41) is 3.66. The number of carbonyl (C=O) groups is 1. The number of amides is 1. The minimum atomic E-state index is -0.143. The van der Waals surface area contributed by atoms with Gasteiger partial charge >= 0.3 is 0 Å². The first-order valence-corrected chi connectivity index (χ1v) is 11.9. The minimum absolute atomic E-state index is 0.143. The Kier molecular flexibility index (Phi) is 6.18. The fraction of sp³-hybridized carbons (Fsp3) is 0.148. The first kappa shape index (κ1) is 22.0. The maximum Gasteiger partial charge on any atom is 0.234 e. The van der Waals surface area contributed by atoms with Gasteiger partial charge < -0.3 is 14.8 Å². The van der Waals surface area contributed by atoms with Crippen molar-refractivity contribution in [2.75, 3.05) is 18.2 Å². The topological polar surface area (TPSA) is 73.3 Å². The summed E-state index contributed by atoms with van der Waals surface area (Å²) in [5.41, 5.74) is 4.66. The van der Waals surface area contributed by atoms with Gasteiger partial charge in [-0.2, -0.15) is 4.98 Å². The molecule has 0 fully saturated rings. The number of nitrogens with one attached hydrogen (secondary N) is 1. The van der Waals surface area contributed by atoms with Crippen LogP contribution in [0.3, 0.4) is 0 Å². The van der Waals surface area contributed by atoms with Gasteiger partial charge in [-0.25, -0.2) is 4.98 Å². The number of ether oxygens (including phenoxy) is 2. The van der Waals surface area contributed by atoms with Crippen LogP contribution >= 0.6 is 11.8 Å². The van der Waals surface area contributed by atoms with Gasteiger partial charge in [-0.1, -0.05) is 71.9 Å². The van der Waals surface area contributed by atoms with Crippen LogP contribution in [0.5, 0.6) is 17.4 Å². The van der Waals surface area contributed by atoms with E-state index < -0.39 is 0 Å². The number of aryl methyl sites for hydroxylation is 1. The molecule has 0 bridgehead atoms. The van der Waals surface area contributed by atoms with Crippen LogP contribution in [0, 0.1) is 6.92 Å². The Labute approximate surface area is 202 Å². The van der Waals surface area contributed by atoms with Crippen molar-refractivity contribution < 1.29 is 14.3 Å². The molecule has 1 aliphatic rings. The zero-order chi connectivity index (χ0) is 23.5. The third kappa shape index (κ3) is 4.61. The Balaban J connectivity index is 1.44. The zero-order valence-electron chi connectivity index (χ0n) is 18.9. The van der Waals surface area contributed by atoms with E-state index in [0.717, 1.165) is 33.0 Å². The largest absolute Gasteiger partial charge is 0.495 e. The maximum atomic E-state index is 12.8. The van der Waals surface area contributed by atoms with Gasteiger partial charge in [-0.3, -0.25) is 4.79 Å². The molecule has 1 aromatic heterocycles. The third-order valence-electron chi connectivity index (χ3n) is 5.51. The van der Waals surface area contributed by atoms with Crippen molar-refractivity contribution in [3.8, 4) is 28.8 Å². The van der Waals surface area contributed by atoms with Crippen LogP contribution in [0.4, 0.5) is 5.69 Å². The SMILES string of the molecule is COc1ccccc1NC(=O)CSc1nc(-c2ccc(C)cc2)nc2c1Cc1ccccc1O2. The molecule has 7 heteroatoms. The van der Waals surface area contributed by atoms with Crippen molar-refractivity contribution >= 4 is 23.4 Å². The number of anilines is 1. The van der Waals surface area contributed by atoms with Crippen LogP contribution < -0.4 is 14.8 Å². The number of hydrogen-bond acceptors (Lipinski definition) is 6. The molecule has 4 aromatic rings. The highest BCUT2D eigenvalue weighted by molar-refractivity contribution is 8.00. The van der Waals surface area contributed by atoms with Crippen molar-refractivity contribution in [1.29, 1.82) is 0 Å². The number of para-hydroxylation sites is 3. The molecule has 3 aromatic carbocycles. The van der Waals surface area contributed by atoms with Gasteiger partial charge in [0, 0.05) is 12.0 Å². The molecule has 1 aliphatic heterocycles. The number of aromatic nitrogens is 2. The lowest BCUT2D eigenvalue weighted by atomic mass is 10.0. The number of fused-ring (bicyclic) bond motifs is 2. The highest BCUT2D eigenvalue weighted by Gasteiger charge is 2.24. The van der Waals surface area contributed by atoms with E-state index in [1.165, 1.54) is 11.8 Å². The van der Waals surface area contributed by atoms with Crippen LogP contribution in [0.15, 0.2) is 77.8 Å². The van der Waals surface area contributed by atoms with E-state index in [1.54, 1.807) is 7.11 Å². The Hall–Kier alpha value is -3.84. The van der Waals surface area contributed by atoms with E-state index >= 15 is 0 Å². The van der Waals surface area contributed by atoms with Crippen molar-refractivity contribution in [2.24, 2.45) is 0 Å². The van der Waals surface area contributed by atoms with E-state index in [-0.39, 0.29) is 11.7 Å². The summed E-state index contributed by atoms with van der Waals surface area (Å²) in [6.45, 7) is 2.04. The van der Waals surface area contributed by atoms with Gasteiger partial charge in [0.05, 0.1) is 24.1 Å². The zero-order valence-corrected chi connectivity index (χ0v) is 19.7. The molecule has 34 heavy (non-hydrogen) atoms. The molecule has 0 saturated carbocycles. The highest BCUT2D eigenvalue weighted by Crippen LogP contribution is 2.40. The monoisotopic (exact) mass is 469 g/mol. The van der Waals surface area contributed by atoms with Crippen molar-refractivity contribution in [3.05, 3.63) is 89.5 Å². The van der Waals surface area contributed by atoms with Gasteiger partial charge in [-0.05, 0) is 30.7 Å². The Bertz CT molecular complexity index is 1360. The summed E-state index contributed by atoms with van der Waals surface area (Å²) in [4.78, 5) is 22.3. The molecule has 0 atom stereocenters. The van der Waals surface area contributed by atoms with Gasteiger partial charge in [0.1, 0.15) is 16.5 Å². The smallest absolute Gasteiger partial charge is 0.234 e. The number of rotatable bonds is 6. The molecule has 1 amide bonds. The molecule has 170 valence electrons. The fourth-order valence-corrected chi connectivity index (χ4v) is 4.57.